The molecule has 1 atom stereocenters. The molecule has 0 aromatic carbocycles. The van der Waals surface area contributed by atoms with E-state index in [0.29, 0.717) is 12.2 Å². The van der Waals surface area contributed by atoms with Crippen LogP contribution >= 0.6 is 0 Å². The van der Waals surface area contributed by atoms with Crippen molar-refractivity contribution in [1.29, 1.82) is 0 Å². The highest BCUT2D eigenvalue weighted by atomic mass is 16.2. The molecule has 26 heavy (non-hydrogen) atoms. The molecule has 2 fully saturated rings. The summed E-state index contributed by atoms with van der Waals surface area (Å²) in [6, 6.07) is 3.68. The molecule has 4 heterocycles. The molecule has 0 radical (unpaired) electrons. The average molecular weight is 354 g/mol. The summed E-state index contributed by atoms with van der Waals surface area (Å²) in [7, 11) is 0. The minimum absolute atomic E-state index is 0.108. The quantitative estimate of drug-likeness (QED) is 0.845. The minimum Gasteiger partial charge on any atom is -0.340 e. The number of amides is 1. The molecular weight excluding hydrogens is 328 g/mol. The lowest BCUT2D eigenvalue weighted by Crippen LogP contribution is -2.54. The standard InChI is InChI=1S/C19H26N6O/c1-2-25-16(6-11-22-25)17(26)23-12-3-7-19(14-23)8-4-13-24(15-19)18-20-9-5-10-21-18/h5-6,9-11H,2-4,7-8,12-15H2,1H3. The van der Waals surface area contributed by atoms with Gasteiger partial charge in [0.2, 0.25) is 5.95 Å². The molecule has 1 spiro atoms. The highest BCUT2D eigenvalue weighted by molar-refractivity contribution is 5.92. The lowest BCUT2D eigenvalue weighted by Gasteiger charge is -2.48. The molecule has 2 aromatic heterocycles. The van der Waals surface area contributed by atoms with Gasteiger partial charge in [0.15, 0.2) is 0 Å². The van der Waals surface area contributed by atoms with Crippen LogP contribution < -0.4 is 4.90 Å². The van der Waals surface area contributed by atoms with Crippen molar-refractivity contribution in [3.63, 3.8) is 0 Å². The lowest BCUT2D eigenvalue weighted by atomic mass is 9.73. The Morgan fingerprint density at radius 1 is 1.12 bits per heavy atom. The number of hydrogen-bond donors (Lipinski definition) is 0. The third-order valence-corrected chi connectivity index (χ3v) is 5.68. The van der Waals surface area contributed by atoms with Crippen LogP contribution in [0, 0.1) is 5.41 Å². The van der Waals surface area contributed by atoms with Crippen molar-refractivity contribution in [3.05, 3.63) is 36.4 Å². The summed E-state index contributed by atoms with van der Waals surface area (Å²) >= 11 is 0. The van der Waals surface area contributed by atoms with Crippen molar-refractivity contribution >= 4 is 11.9 Å². The molecule has 2 saturated heterocycles. The minimum atomic E-state index is 0.108. The Balaban J connectivity index is 1.51. The third kappa shape index (κ3) is 3.18. The van der Waals surface area contributed by atoms with Crippen LogP contribution in [0.2, 0.25) is 0 Å². The van der Waals surface area contributed by atoms with Gasteiger partial charge in [0, 0.05) is 56.7 Å². The van der Waals surface area contributed by atoms with Gasteiger partial charge in [0.25, 0.3) is 5.91 Å². The molecule has 4 rings (SSSR count). The summed E-state index contributed by atoms with van der Waals surface area (Å²) < 4.78 is 1.79. The summed E-state index contributed by atoms with van der Waals surface area (Å²) in [5, 5.41) is 4.25. The Morgan fingerprint density at radius 3 is 2.65 bits per heavy atom. The zero-order valence-corrected chi connectivity index (χ0v) is 15.3. The average Bonchev–Trinajstić information content (AvgIpc) is 3.17. The number of nitrogens with zero attached hydrogens (tertiary/aromatic N) is 6. The van der Waals surface area contributed by atoms with Gasteiger partial charge in [-0.05, 0) is 44.7 Å². The molecule has 138 valence electrons. The molecule has 7 nitrogen and oxygen atoms in total. The lowest BCUT2D eigenvalue weighted by molar-refractivity contribution is 0.0454. The first-order valence-corrected chi connectivity index (χ1v) is 9.54. The second-order valence-electron chi connectivity index (χ2n) is 7.44. The summed E-state index contributed by atoms with van der Waals surface area (Å²) in [5.74, 6) is 0.913. The van der Waals surface area contributed by atoms with E-state index in [1.165, 1.54) is 0 Å². The van der Waals surface area contributed by atoms with Crippen LogP contribution in [0.15, 0.2) is 30.7 Å². The maximum atomic E-state index is 13.0. The molecule has 1 unspecified atom stereocenters. The number of aryl methyl sites for hydroxylation is 1. The van der Waals surface area contributed by atoms with Crippen molar-refractivity contribution in [2.45, 2.75) is 39.2 Å². The number of hydrogen-bond acceptors (Lipinski definition) is 5. The Morgan fingerprint density at radius 2 is 1.88 bits per heavy atom. The Hall–Kier alpha value is -2.44. The Kier molecular flexibility index (Phi) is 4.61. The predicted molar refractivity (Wildman–Crippen MR) is 99.0 cm³/mol. The fourth-order valence-corrected chi connectivity index (χ4v) is 4.48. The van der Waals surface area contributed by atoms with Crippen LogP contribution in [-0.4, -0.2) is 56.7 Å². The van der Waals surface area contributed by atoms with E-state index >= 15 is 0 Å². The van der Waals surface area contributed by atoms with Gasteiger partial charge in [0.1, 0.15) is 5.69 Å². The topological polar surface area (TPSA) is 67.2 Å². The van der Waals surface area contributed by atoms with Crippen LogP contribution in [0.25, 0.3) is 0 Å². The molecule has 0 aliphatic carbocycles. The number of likely N-dealkylation sites (tertiary alicyclic amines) is 1. The number of rotatable bonds is 3. The van der Waals surface area contributed by atoms with E-state index in [-0.39, 0.29) is 11.3 Å². The van der Waals surface area contributed by atoms with Crippen LogP contribution in [-0.2, 0) is 6.54 Å². The highest BCUT2D eigenvalue weighted by Crippen LogP contribution is 2.39. The maximum Gasteiger partial charge on any atom is 0.272 e. The molecule has 1 amide bonds. The maximum absolute atomic E-state index is 13.0. The van der Waals surface area contributed by atoms with E-state index in [1.807, 2.05) is 24.0 Å². The molecular formula is C19H26N6O. The first kappa shape index (κ1) is 17.0. The van der Waals surface area contributed by atoms with Gasteiger partial charge in [-0.15, -0.1) is 0 Å². The Bertz CT molecular complexity index is 756. The van der Waals surface area contributed by atoms with Crippen LogP contribution in [0.4, 0.5) is 5.95 Å². The fourth-order valence-electron chi connectivity index (χ4n) is 4.48. The second kappa shape index (κ2) is 7.05. The van der Waals surface area contributed by atoms with Crippen molar-refractivity contribution in [1.82, 2.24) is 24.6 Å². The molecule has 2 aliphatic rings. The van der Waals surface area contributed by atoms with Crippen LogP contribution in [0.5, 0.6) is 0 Å². The molecule has 0 bridgehead atoms. The van der Waals surface area contributed by atoms with E-state index in [9.17, 15) is 4.79 Å². The van der Waals surface area contributed by atoms with Gasteiger partial charge in [0.05, 0.1) is 0 Å². The molecule has 7 heteroatoms. The number of carbonyl (C=O) groups is 1. The second-order valence-corrected chi connectivity index (χ2v) is 7.44. The number of anilines is 1. The first-order chi connectivity index (χ1) is 12.7. The van der Waals surface area contributed by atoms with E-state index in [0.717, 1.165) is 57.8 Å². The van der Waals surface area contributed by atoms with Gasteiger partial charge in [-0.3, -0.25) is 9.48 Å². The van der Waals surface area contributed by atoms with E-state index in [4.69, 9.17) is 0 Å². The normalized spacial score (nSPS) is 23.4. The van der Waals surface area contributed by atoms with Gasteiger partial charge in [-0.2, -0.15) is 5.10 Å². The first-order valence-electron chi connectivity index (χ1n) is 9.54. The summed E-state index contributed by atoms with van der Waals surface area (Å²) in [4.78, 5) is 26.2. The summed E-state index contributed by atoms with van der Waals surface area (Å²) in [6.45, 7) is 6.28. The van der Waals surface area contributed by atoms with Crippen molar-refractivity contribution in [3.8, 4) is 0 Å². The molecule has 2 aliphatic heterocycles. The SMILES string of the molecule is CCn1nccc1C(=O)N1CCCC2(CCCN(c3ncccn3)C2)C1. The summed E-state index contributed by atoms with van der Waals surface area (Å²) in [5.41, 5.74) is 0.839. The smallest absolute Gasteiger partial charge is 0.272 e. The monoisotopic (exact) mass is 354 g/mol. The van der Waals surface area contributed by atoms with Crippen LogP contribution in [0.3, 0.4) is 0 Å². The largest absolute Gasteiger partial charge is 0.340 e. The van der Waals surface area contributed by atoms with E-state index in [2.05, 4.69) is 20.0 Å². The van der Waals surface area contributed by atoms with Gasteiger partial charge >= 0.3 is 0 Å². The van der Waals surface area contributed by atoms with Gasteiger partial charge in [-0.25, -0.2) is 9.97 Å². The van der Waals surface area contributed by atoms with E-state index < -0.39 is 0 Å². The van der Waals surface area contributed by atoms with Gasteiger partial charge in [-0.1, -0.05) is 0 Å². The number of piperidine rings is 2. The van der Waals surface area contributed by atoms with Crippen molar-refractivity contribution in [2.75, 3.05) is 31.1 Å². The highest BCUT2D eigenvalue weighted by Gasteiger charge is 2.41. The van der Waals surface area contributed by atoms with E-state index in [1.54, 1.807) is 23.3 Å². The van der Waals surface area contributed by atoms with Crippen molar-refractivity contribution in [2.24, 2.45) is 5.41 Å². The van der Waals surface area contributed by atoms with Crippen molar-refractivity contribution < 1.29 is 4.79 Å². The third-order valence-electron chi connectivity index (χ3n) is 5.68. The summed E-state index contributed by atoms with van der Waals surface area (Å²) in [6.07, 6.45) is 9.80. The predicted octanol–water partition coefficient (Wildman–Crippen LogP) is 2.22. The number of aromatic nitrogens is 4. The fraction of sp³-hybridized carbons (Fsp3) is 0.579. The number of carbonyl (C=O) groups excluding carboxylic acids is 1. The zero-order chi connectivity index (χ0) is 18.0. The zero-order valence-electron chi connectivity index (χ0n) is 15.3. The molecule has 0 N–H and O–H groups in total. The molecule has 2 aromatic rings. The van der Waals surface area contributed by atoms with Crippen LogP contribution in [0.1, 0.15) is 43.1 Å². The van der Waals surface area contributed by atoms with Gasteiger partial charge < -0.3 is 9.80 Å². The Labute approximate surface area is 154 Å². The molecule has 0 saturated carbocycles.